The Bertz CT molecular complexity index is 1380. The average molecular weight is 478 g/mol. The van der Waals surface area contributed by atoms with Crippen LogP contribution in [0.1, 0.15) is 72.5 Å². The second-order valence-electron chi connectivity index (χ2n) is 10.7. The lowest BCUT2D eigenvalue weighted by molar-refractivity contribution is 0.212. The van der Waals surface area contributed by atoms with Crippen LogP contribution in [0, 0.1) is 5.92 Å². The molecule has 0 radical (unpaired) electrons. The Morgan fingerprint density at radius 1 is 1.11 bits per heavy atom. The number of nitrogens with one attached hydrogen (secondary N) is 2. The van der Waals surface area contributed by atoms with Crippen molar-refractivity contribution in [2.75, 3.05) is 11.9 Å². The fourth-order valence-corrected chi connectivity index (χ4v) is 6.47. The Labute approximate surface area is 211 Å². The van der Waals surface area contributed by atoms with Crippen LogP contribution in [-0.2, 0) is 13.1 Å². The van der Waals surface area contributed by atoms with Crippen LogP contribution < -0.4 is 10.6 Å². The van der Waals surface area contributed by atoms with Gasteiger partial charge in [0.2, 0.25) is 0 Å². The highest BCUT2D eigenvalue weighted by Gasteiger charge is 2.37. The molecule has 2 aromatic heterocycles. The van der Waals surface area contributed by atoms with E-state index in [9.17, 15) is 4.79 Å². The van der Waals surface area contributed by atoms with Gasteiger partial charge in [-0.2, -0.15) is 0 Å². The maximum Gasteiger partial charge on any atom is 0.322 e. The van der Waals surface area contributed by atoms with E-state index in [2.05, 4.69) is 53.0 Å². The van der Waals surface area contributed by atoms with Crippen LogP contribution in [-0.4, -0.2) is 27.4 Å². The molecule has 6 nitrogen and oxygen atoms in total. The fraction of sp³-hybridized carbons (Fsp3) is 0.367. The summed E-state index contributed by atoms with van der Waals surface area (Å²) in [6.07, 6.45) is 12.8. The zero-order valence-electron chi connectivity index (χ0n) is 20.6. The van der Waals surface area contributed by atoms with E-state index < -0.39 is 0 Å². The SMILES string of the molecule is CC1=CC2CCC2c2ncc(-c3cc4c(c([C@@H]5CCCN5)c3)CN(C(=O)Nc3cccnc3)C4)cc21. The molecule has 2 N–H and O–H groups in total. The van der Waals surface area contributed by atoms with Gasteiger partial charge in [0, 0.05) is 43.0 Å². The van der Waals surface area contributed by atoms with E-state index in [4.69, 9.17) is 4.98 Å². The van der Waals surface area contributed by atoms with Crippen molar-refractivity contribution in [1.29, 1.82) is 0 Å². The molecule has 36 heavy (non-hydrogen) atoms. The van der Waals surface area contributed by atoms with Crippen molar-refractivity contribution < 1.29 is 4.79 Å². The largest absolute Gasteiger partial charge is 0.322 e. The van der Waals surface area contributed by atoms with Gasteiger partial charge in [-0.15, -0.1) is 0 Å². The van der Waals surface area contributed by atoms with Crippen molar-refractivity contribution in [2.45, 2.75) is 57.7 Å². The van der Waals surface area contributed by atoms with E-state index in [1.165, 1.54) is 63.9 Å². The topological polar surface area (TPSA) is 70.2 Å². The van der Waals surface area contributed by atoms with Gasteiger partial charge in [0.25, 0.3) is 0 Å². The van der Waals surface area contributed by atoms with E-state index in [0.717, 1.165) is 13.0 Å². The first-order valence-corrected chi connectivity index (χ1v) is 13.2. The van der Waals surface area contributed by atoms with Gasteiger partial charge in [-0.3, -0.25) is 9.97 Å². The summed E-state index contributed by atoms with van der Waals surface area (Å²) in [5.41, 5.74) is 10.9. The third-order valence-electron chi connectivity index (χ3n) is 8.54. The molecule has 6 heteroatoms. The number of benzene rings is 1. The zero-order valence-corrected chi connectivity index (χ0v) is 20.6. The molecular formula is C30H31N5O. The highest BCUT2D eigenvalue weighted by molar-refractivity contribution is 5.89. The van der Waals surface area contributed by atoms with Crippen LogP contribution in [0.5, 0.6) is 0 Å². The minimum absolute atomic E-state index is 0.0858. The Hall–Kier alpha value is -3.51. The minimum atomic E-state index is -0.0858. The van der Waals surface area contributed by atoms with Gasteiger partial charge in [-0.05, 0) is 109 Å². The van der Waals surface area contributed by atoms with Gasteiger partial charge in [0.15, 0.2) is 0 Å². The molecule has 1 aromatic carbocycles. The molecule has 3 aromatic rings. The van der Waals surface area contributed by atoms with Gasteiger partial charge < -0.3 is 15.5 Å². The molecule has 1 saturated carbocycles. The van der Waals surface area contributed by atoms with Gasteiger partial charge in [-0.1, -0.05) is 6.08 Å². The van der Waals surface area contributed by atoms with Crippen molar-refractivity contribution in [3.63, 3.8) is 0 Å². The fourth-order valence-electron chi connectivity index (χ4n) is 6.47. The number of pyridine rings is 2. The Kier molecular flexibility index (Phi) is 5.17. The highest BCUT2D eigenvalue weighted by Crippen LogP contribution is 2.49. The molecule has 3 atom stereocenters. The average Bonchev–Trinajstić information content (AvgIpc) is 3.56. The van der Waals surface area contributed by atoms with Crippen LogP contribution in [0.2, 0.25) is 0 Å². The summed E-state index contributed by atoms with van der Waals surface area (Å²) in [5, 5.41) is 6.69. The monoisotopic (exact) mass is 477 g/mol. The predicted octanol–water partition coefficient (Wildman–Crippen LogP) is 6.03. The molecule has 7 rings (SSSR count). The van der Waals surface area contributed by atoms with Crippen molar-refractivity contribution in [3.8, 4) is 11.1 Å². The molecule has 2 unspecified atom stereocenters. The molecule has 2 aliphatic heterocycles. The predicted molar refractivity (Wildman–Crippen MR) is 141 cm³/mol. The second kappa shape index (κ2) is 8.56. The third kappa shape index (κ3) is 3.63. The lowest BCUT2D eigenvalue weighted by Gasteiger charge is -2.39. The molecule has 2 fully saturated rings. The number of hydrogen-bond acceptors (Lipinski definition) is 4. The van der Waals surface area contributed by atoms with Crippen LogP contribution in [0.3, 0.4) is 0 Å². The number of nitrogens with zero attached hydrogens (tertiary/aromatic N) is 3. The smallest absolute Gasteiger partial charge is 0.316 e. The van der Waals surface area contributed by atoms with Crippen LogP contribution in [0.15, 0.2) is 55.0 Å². The van der Waals surface area contributed by atoms with Crippen LogP contribution in [0.25, 0.3) is 16.7 Å². The van der Waals surface area contributed by atoms with E-state index in [0.29, 0.717) is 36.7 Å². The first kappa shape index (κ1) is 21.7. The van der Waals surface area contributed by atoms with E-state index in [1.807, 2.05) is 17.0 Å². The first-order chi connectivity index (χ1) is 17.6. The molecule has 2 aliphatic carbocycles. The summed E-state index contributed by atoms with van der Waals surface area (Å²) < 4.78 is 0. The molecule has 4 aliphatic rings. The number of rotatable bonds is 3. The second-order valence-corrected chi connectivity index (χ2v) is 10.7. The number of hydrogen-bond donors (Lipinski definition) is 2. The Morgan fingerprint density at radius 3 is 2.83 bits per heavy atom. The Morgan fingerprint density at radius 2 is 2.06 bits per heavy atom. The summed E-state index contributed by atoms with van der Waals surface area (Å²) in [4.78, 5) is 24.1. The number of allylic oxidation sites excluding steroid dienone is 2. The van der Waals surface area contributed by atoms with Crippen molar-refractivity contribution in [2.24, 2.45) is 5.92 Å². The maximum absolute atomic E-state index is 13.1. The number of aromatic nitrogens is 2. The zero-order chi connectivity index (χ0) is 24.2. The summed E-state index contributed by atoms with van der Waals surface area (Å²) in [6.45, 7) is 4.51. The third-order valence-corrected chi connectivity index (χ3v) is 8.54. The molecule has 1 saturated heterocycles. The van der Waals surface area contributed by atoms with E-state index >= 15 is 0 Å². The lowest BCUT2D eigenvalue weighted by Crippen LogP contribution is -2.30. The summed E-state index contributed by atoms with van der Waals surface area (Å²) in [5.74, 6) is 1.28. The van der Waals surface area contributed by atoms with Gasteiger partial charge in [0.1, 0.15) is 0 Å². The molecule has 4 heterocycles. The number of anilines is 1. The number of urea groups is 1. The molecule has 0 bridgehead atoms. The minimum Gasteiger partial charge on any atom is -0.316 e. The van der Waals surface area contributed by atoms with E-state index in [-0.39, 0.29) is 6.03 Å². The Balaban J connectivity index is 1.23. The number of amides is 2. The van der Waals surface area contributed by atoms with Gasteiger partial charge in [0.05, 0.1) is 17.6 Å². The number of carbonyl (C=O) groups excluding carboxylic acids is 1. The van der Waals surface area contributed by atoms with Crippen LogP contribution >= 0.6 is 0 Å². The summed E-state index contributed by atoms with van der Waals surface area (Å²) in [7, 11) is 0. The normalized spacial score (nSPS) is 23.9. The van der Waals surface area contributed by atoms with Crippen molar-refractivity contribution in [3.05, 3.63) is 82.9 Å². The summed E-state index contributed by atoms with van der Waals surface area (Å²) >= 11 is 0. The first-order valence-electron chi connectivity index (χ1n) is 13.2. The quantitative estimate of drug-likeness (QED) is 0.483. The van der Waals surface area contributed by atoms with Crippen molar-refractivity contribution in [1.82, 2.24) is 20.2 Å². The number of carbonyl (C=O) groups is 1. The maximum atomic E-state index is 13.1. The van der Waals surface area contributed by atoms with Gasteiger partial charge in [-0.25, -0.2) is 4.79 Å². The molecule has 0 spiro atoms. The van der Waals surface area contributed by atoms with E-state index in [1.54, 1.807) is 12.4 Å². The summed E-state index contributed by atoms with van der Waals surface area (Å²) in [6, 6.07) is 10.9. The molecule has 182 valence electrons. The standard InChI is InChI=1S/C30H31N5O/c1-18-10-19-6-7-24(19)29-25(18)13-21(14-33-29)20-11-22-16-35(30(36)34-23-4-2-8-31-15-23)17-27(22)26(12-20)28-5-3-9-32-28/h2,4,8,10-15,19,24,28,32H,3,5-7,9,16-17H2,1H3,(H,34,36)/t19?,24?,28-/m0/s1. The lowest BCUT2D eigenvalue weighted by atomic mass is 9.66. The van der Waals surface area contributed by atoms with Gasteiger partial charge >= 0.3 is 6.03 Å². The van der Waals surface area contributed by atoms with Crippen molar-refractivity contribution >= 4 is 17.3 Å². The molecule has 2 amide bonds. The number of fused-ring (bicyclic) bond motifs is 4. The molecular weight excluding hydrogens is 446 g/mol. The highest BCUT2D eigenvalue weighted by atomic mass is 16.2. The van der Waals surface area contributed by atoms with Crippen LogP contribution in [0.4, 0.5) is 10.5 Å².